The molecule has 1 aliphatic heterocycles. The lowest BCUT2D eigenvalue weighted by Gasteiger charge is -2.21. The maximum atomic E-state index is 12.4. The molecule has 0 aromatic heterocycles. The molecule has 1 fully saturated rings. The van der Waals surface area contributed by atoms with Crippen molar-refractivity contribution in [2.45, 2.75) is 37.8 Å². The Hall–Kier alpha value is -1.92. The highest BCUT2D eigenvalue weighted by molar-refractivity contribution is 5.90. The SMILES string of the molecule is NCCCNC(=O)[C@H](Cc1ccccc1)NC(=O)[C@@H]1CCCN1. The Morgan fingerprint density at radius 2 is 2.09 bits per heavy atom. The average molecular weight is 318 g/mol. The summed E-state index contributed by atoms with van der Waals surface area (Å²) in [6.07, 6.45) is 3.01. The van der Waals surface area contributed by atoms with Crippen LogP contribution in [0.15, 0.2) is 30.3 Å². The van der Waals surface area contributed by atoms with Crippen molar-refractivity contribution in [2.24, 2.45) is 5.73 Å². The highest BCUT2D eigenvalue weighted by Gasteiger charge is 2.27. The number of rotatable bonds is 8. The molecule has 1 aliphatic rings. The number of hydrogen-bond donors (Lipinski definition) is 4. The van der Waals surface area contributed by atoms with Gasteiger partial charge in [0.2, 0.25) is 11.8 Å². The molecule has 1 saturated heterocycles. The van der Waals surface area contributed by atoms with Gasteiger partial charge in [-0.05, 0) is 37.9 Å². The van der Waals surface area contributed by atoms with Gasteiger partial charge >= 0.3 is 0 Å². The zero-order valence-electron chi connectivity index (χ0n) is 13.4. The highest BCUT2D eigenvalue weighted by Crippen LogP contribution is 2.07. The zero-order chi connectivity index (χ0) is 16.5. The molecule has 0 radical (unpaired) electrons. The van der Waals surface area contributed by atoms with Gasteiger partial charge in [-0.1, -0.05) is 30.3 Å². The van der Waals surface area contributed by atoms with Gasteiger partial charge in [0.25, 0.3) is 0 Å². The molecule has 1 heterocycles. The van der Waals surface area contributed by atoms with Crippen molar-refractivity contribution in [1.82, 2.24) is 16.0 Å². The smallest absolute Gasteiger partial charge is 0.242 e. The van der Waals surface area contributed by atoms with Crippen LogP contribution in [0.5, 0.6) is 0 Å². The first-order valence-electron chi connectivity index (χ1n) is 8.26. The van der Waals surface area contributed by atoms with Gasteiger partial charge in [-0.15, -0.1) is 0 Å². The molecule has 23 heavy (non-hydrogen) atoms. The summed E-state index contributed by atoms with van der Waals surface area (Å²) in [6.45, 7) is 1.91. The highest BCUT2D eigenvalue weighted by atomic mass is 16.2. The third-order valence-corrected chi connectivity index (χ3v) is 3.97. The Bertz CT molecular complexity index is 501. The van der Waals surface area contributed by atoms with E-state index in [1.54, 1.807) is 0 Å². The molecule has 2 atom stereocenters. The Labute approximate surface area is 137 Å². The third-order valence-electron chi connectivity index (χ3n) is 3.97. The van der Waals surface area contributed by atoms with E-state index in [0.29, 0.717) is 19.5 Å². The lowest BCUT2D eigenvalue weighted by molar-refractivity contribution is -0.129. The monoisotopic (exact) mass is 318 g/mol. The fraction of sp³-hybridized carbons (Fsp3) is 0.529. The summed E-state index contributed by atoms with van der Waals surface area (Å²) in [7, 11) is 0. The molecule has 1 aromatic rings. The van der Waals surface area contributed by atoms with Crippen molar-refractivity contribution in [3.8, 4) is 0 Å². The molecule has 0 bridgehead atoms. The molecule has 2 amide bonds. The standard InChI is InChI=1S/C17H26N4O2/c18-9-5-11-20-16(22)15(12-13-6-2-1-3-7-13)21-17(23)14-8-4-10-19-14/h1-3,6-7,14-15,19H,4-5,8-12,18H2,(H,20,22)(H,21,23)/t14-,15-/m0/s1. The maximum absolute atomic E-state index is 12.4. The van der Waals surface area contributed by atoms with Crippen molar-refractivity contribution >= 4 is 11.8 Å². The van der Waals surface area contributed by atoms with E-state index >= 15 is 0 Å². The van der Waals surface area contributed by atoms with Crippen LogP contribution in [0.3, 0.4) is 0 Å². The summed E-state index contributed by atoms with van der Waals surface area (Å²) in [5.41, 5.74) is 6.47. The van der Waals surface area contributed by atoms with Gasteiger partial charge in [-0.2, -0.15) is 0 Å². The number of carbonyl (C=O) groups is 2. The Kier molecular flexibility index (Phi) is 7.03. The van der Waals surface area contributed by atoms with E-state index in [-0.39, 0.29) is 17.9 Å². The predicted molar refractivity (Wildman–Crippen MR) is 89.8 cm³/mol. The van der Waals surface area contributed by atoms with Crippen LogP contribution in [0.25, 0.3) is 0 Å². The number of hydrogen-bond acceptors (Lipinski definition) is 4. The van der Waals surface area contributed by atoms with Crippen molar-refractivity contribution in [2.75, 3.05) is 19.6 Å². The molecule has 0 aliphatic carbocycles. The predicted octanol–water partition coefficient (Wildman–Crippen LogP) is -0.0691. The van der Waals surface area contributed by atoms with E-state index in [1.165, 1.54) is 0 Å². The molecular weight excluding hydrogens is 292 g/mol. The van der Waals surface area contributed by atoms with Gasteiger partial charge in [0.15, 0.2) is 0 Å². The molecule has 6 nitrogen and oxygen atoms in total. The fourth-order valence-corrected chi connectivity index (χ4v) is 2.68. The summed E-state index contributed by atoms with van der Waals surface area (Å²) in [5, 5.41) is 8.89. The summed E-state index contributed by atoms with van der Waals surface area (Å²) in [4.78, 5) is 24.7. The largest absolute Gasteiger partial charge is 0.354 e. The van der Waals surface area contributed by atoms with Crippen molar-refractivity contribution < 1.29 is 9.59 Å². The molecular formula is C17H26N4O2. The average Bonchev–Trinajstić information content (AvgIpc) is 3.10. The van der Waals surface area contributed by atoms with E-state index in [0.717, 1.165) is 31.4 Å². The molecule has 1 aromatic carbocycles. The van der Waals surface area contributed by atoms with E-state index in [1.807, 2.05) is 30.3 Å². The minimum atomic E-state index is -0.565. The third kappa shape index (κ3) is 5.65. The van der Waals surface area contributed by atoms with Gasteiger partial charge in [0.05, 0.1) is 6.04 Å². The van der Waals surface area contributed by atoms with Crippen LogP contribution in [-0.2, 0) is 16.0 Å². The quantitative estimate of drug-likeness (QED) is 0.505. The van der Waals surface area contributed by atoms with Crippen LogP contribution in [0.1, 0.15) is 24.8 Å². The summed E-state index contributed by atoms with van der Waals surface area (Å²) >= 11 is 0. The van der Waals surface area contributed by atoms with Gasteiger partial charge in [-0.3, -0.25) is 9.59 Å². The van der Waals surface area contributed by atoms with Crippen LogP contribution in [-0.4, -0.2) is 43.5 Å². The zero-order valence-corrected chi connectivity index (χ0v) is 13.4. The number of amides is 2. The number of nitrogens with one attached hydrogen (secondary N) is 3. The summed E-state index contributed by atoms with van der Waals surface area (Å²) in [5.74, 6) is -0.258. The lowest BCUT2D eigenvalue weighted by Crippen LogP contribution is -2.52. The first-order valence-corrected chi connectivity index (χ1v) is 8.26. The van der Waals surface area contributed by atoms with Gasteiger partial charge in [0, 0.05) is 13.0 Å². The molecule has 126 valence electrons. The second-order valence-corrected chi connectivity index (χ2v) is 5.83. The molecule has 0 spiro atoms. The Morgan fingerprint density at radius 1 is 1.30 bits per heavy atom. The fourth-order valence-electron chi connectivity index (χ4n) is 2.68. The second-order valence-electron chi connectivity index (χ2n) is 5.83. The molecule has 0 saturated carbocycles. The Balaban J connectivity index is 1.97. The van der Waals surface area contributed by atoms with Crippen LogP contribution in [0, 0.1) is 0 Å². The summed E-state index contributed by atoms with van der Waals surface area (Å²) < 4.78 is 0. The van der Waals surface area contributed by atoms with E-state index < -0.39 is 6.04 Å². The van der Waals surface area contributed by atoms with Crippen LogP contribution < -0.4 is 21.7 Å². The second kappa shape index (κ2) is 9.27. The number of nitrogens with two attached hydrogens (primary N) is 1. The first kappa shape index (κ1) is 17.4. The minimum absolute atomic E-state index is 0.0996. The van der Waals surface area contributed by atoms with Crippen LogP contribution in [0.4, 0.5) is 0 Å². The first-order chi connectivity index (χ1) is 11.2. The molecule has 6 heteroatoms. The van der Waals surface area contributed by atoms with Crippen molar-refractivity contribution in [3.05, 3.63) is 35.9 Å². The minimum Gasteiger partial charge on any atom is -0.354 e. The topological polar surface area (TPSA) is 96.2 Å². The lowest BCUT2D eigenvalue weighted by atomic mass is 10.0. The number of carbonyl (C=O) groups excluding carboxylic acids is 2. The molecule has 5 N–H and O–H groups in total. The van der Waals surface area contributed by atoms with Gasteiger partial charge < -0.3 is 21.7 Å². The van der Waals surface area contributed by atoms with E-state index in [2.05, 4.69) is 16.0 Å². The van der Waals surface area contributed by atoms with E-state index in [9.17, 15) is 9.59 Å². The number of benzene rings is 1. The van der Waals surface area contributed by atoms with Gasteiger partial charge in [0.1, 0.15) is 6.04 Å². The van der Waals surface area contributed by atoms with Crippen molar-refractivity contribution in [1.29, 1.82) is 0 Å². The maximum Gasteiger partial charge on any atom is 0.242 e. The normalized spacial score (nSPS) is 18.4. The van der Waals surface area contributed by atoms with Crippen molar-refractivity contribution in [3.63, 3.8) is 0 Å². The van der Waals surface area contributed by atoms with Crippen LogP contribution >= 0.6 is 0 Å². The van der Waals surface area contributed by atoms with Gasteiger partial charge in [-0.25, -0.2) is 0 Å². The Morgan fingerprint density at radius 3 is 2.74 bits per heavy atom. The van der Waals surface area contributed by atoms with Crippen LogP contribution in [0.2, 0.25) is 0 Å². The summed E-state index contributed by atoms with van der Waals surface area (Å²) in [6, 6.07) is 8.95. The molecule has 0 unspecified atom stereocenters. The van der Waals surface area contributed by atoms with E-state index in [4.69, 9.17) is 5.73 Å². The molecule has 2 rings (SSSR count).